The molecule has 92 valence electrons. The van der Waals surface area contributed by atoms with Gasteiger partial charge in [-0.1, -0.05) is 11.6 Å². The highest BCUT2D eigenvalue weighted by Gasteiger charge is 2.05. The fourth-order valence-corrected chi connectivity index (χ4v) is 2.14. The lowest BCUT2D eigenvalue weighted by molar-refractivity contribution is 1.19. The van der Waals surface area contributed by atoms with Crippen molar-refractivity contribution in [3.8, 4) is 6.07 Å². The zero-order valence-electron chi connectivity index (χ0n) is 9.90. The summed E-state index contributed by atoms with van der Waals surface area (Å²) in [5, 5.41) is 13.8. The lowest BCUT2D eigenvalue weighted by atomic mass is 10.1. The van der Waals surface area contributed by atoms with Gasteiger partial charge in [0, 0.05) is 22.7 Å². The Morgan fingerprint density at radius 3 is 3.00 bits per heavy atom. The van der Waals surface area contributed by atoms with Gasteiger partial charge in [-0.15, -0.1) is 0 Å². The summed E-state index contributed by atoms with van der Waals surface area (Å²) in [7, 11) is 0. The third-order valence-corrected chi connectivity index (χ3v) is 3.35. The van der Waals surface area contributed by atoms with Gasteiger partial charge in [-0.3, -0.25) is 0 Å². The predicted octanol–water partition coefficient (Wildman–Crippen LogP) is 3.53. The first-order chi connectivity index (χ1) is 8.74. The standard InChI is InChI=1S/C13H12ClN3S/c1-18-5-4-16-13-6-9(8-15)11-7-10(14)2-3-12(11)17-13/h2-3,6-7H,4-5H2,1H3,(H,16,17). The van der Waals surface area contributed by atoms with E-state index in [0.717, 1.165) is 29.0 Å². The summed E-state index contributed by atoms with van der Waals surface area (Å²) >= 11 is 7.70. The summed E-state index contributed by atoms with van der Waals surface area (Å²) in [6, 6.07) is 9.33. The molecule has 0 spiro atoms. The van der Waals surface area contributed by atoms with E-state index in [1.165, 1.54) is 0 Å². The molecule has 0 saturated carbocycles. The molecule has 0 amide bonds. The van der Waals surface area contributed by atoms with Crippen LogP contribution in [0.2, 0.25) is 5.02 Å². The van der Waals surface area contributed by atoms with Gasteiger partial charge in [0.2, 0.25) is 0 Å². The number of nitriles is 1. The Morgan fingerprint density at radius 2 is 2.28 bits per heavy atom. The normalized spacial score (nSPS) is 10.3. The van der Waals surface area contributed by atoms with Crippen LogP contribution < -0.4 is 5.32 Å². The van der Waals surface area contributed by atoms with E-state index in [2.05, 4.69) is 22.6 Å². The van der Waals surface area contributed by atoms with Crippen molar-refractivity contribution in [3.63, 3.8) is 0 Å². The number of rotatable bonds is 4. The van der Waals surface area contributed by atoms with E-state index < -0.39 is 0 Å². The topological polar surface area (TPSA) is 48.7 Å². The van der Waals surface area contributed by atoms with Gasteiger partial charge in [-0.05, 0) is 30.5 Å². The number of pyridine rings is 1. The second-order valence-corrected chi connectivity index (χ2v) is 5.17. The maximum Gasteiger partial charge on any atom is 0.128 e. The van der Waals surface area contributed by atoms with Gasteiger partial charge in [-0.25, -0.2) is 4.98 Å². The van der Waals surface area contributed by atoms with Crippen molar-refractivity contribution in [3.05, 3.63) is 34.9 Å². The van der Waals surface area contributed by atoms with E-state index in [9.17, 15) is 0 Å². The highest BCUT2D eigenvalue weighted by Crippen LogP contribution is 2.23. The fourth-order valence-electron chi connectivity index (χ4n) is 1.66. The van der Waals surface area contributed by atoms with E-state index in [1.807, 2.05) is 6.07 Å². The molecular weight excluding hydrogens is 266 g/mol. The molecule has 3 nitrogen and oxygen atoms in total. The minimum atomic E-state index is 0.592. The molecule has 1 heterocycles. The van der Waals surface area contributed by atoms with E-state index in [4.69, 9.17) is 16.9 Å². The summed E-state index contributed by atoms with van der Waals surface area (Å²) < 4.78 is 0. The maximum atomic E-state index is 9.17. The summed E-state index contributed by atoms with van der Waals surface area (Å²) in [6.45, 7) is 0.831. The van der Waals surface area contributed by atoms with Crippen LogP contribution in [-0.4, -0.2) is 23.5 Å². The van der Waals surface area contributed by atoms with Gasteiger partial charge >= 0.3 is 0 Å². The maximum absolute atomic E-state index is 9.17. The number of halogens is 1. The van der Waals surface area contributed by atoms with Crippen molar-refractivity contribution in [2.24, 2.45) is 0 Å². The first kappa shape index (κ1) is 13.0. The van der Waals surface area contributed by atoms with Gasteiger partial charge in [0.15, 0.2) is 0 Å². The summed E-state index contributed by atoms with van der Waals surface area (Å²) in [5.74, 6) is 1.73. The quantitative estimate of drug-likeness (QED) is 0.869. The Labute approximate surface area is 115 Å². The Morgan fingerprint density at radius 1 is 1.44 bits per heavy atom. The average molecular weight is 278 g/mol. The van der Waals surface area contributed by atoms with Crippen LogP contribution in [0.5, 0.6) is 0 Å². The molecule has 0 saturated heterocycles. The molecule has 0 bridgehead atoms. The molecule has 0 aliphatic heterocycles. The minimum absolute atomic E-state index is 0.592. The summed E-state index contributed by atoms with van der Waals surface area (Å²) in [6.07, 6.45) is 2.05. The van der Waals surface area contributed by atoms with Crippen molar-refractivity contribution in [2.75, 3.05) is 23.9 Å². The molecular formula is C13H12ClN3S. The van der Waals surface area contributed by atoms with E-state index in [0.29, 0.717) is 10.6 Å². The van der Waals surface area contributed by atoms with Crippen molar-refractivity contribution in [1.29, 1.82) is 5.26 Å². The monoisotopic (exact) mass is 277 g/mol. The second-order valence-electron chi connectivity index (χ2n) is 3.75. The first-order valence-corrected chi connectivity index (χ1v) is 7.25. The summed E-state index contributed by atoms with van der Waals surface area (Å²) in [4.78, 5) is 4.47. The third-order valence-electron chi connectivity index (χ3n) is 2.50. The number of hydrogen-bond acceptors (Lipinski definition) is 4. The molecule has 0 atom stereocenters. The third kappa shape index (κ3) is 2.87. The number of benzene rings is 1. The molecule has 0 aliphatic rings. The average Bonchev–Trinajstić information content (AvgIpc) is 2.38. The van der Waals surface area contributed by atoms with Crippen LogP contribution in [0.1, 0.15) is 5.56 Å². The van der Waals surface area contributed by atoms with Gasteiger partial charge in [0.05, 0.1) is 17.1 Å². The number of fused-ring (bicyclic) bond motifs is 1. The lowest BCUT2D eigenvalue weighted by Crippen LogP contribution is -2.05. The van der Waals surface area contributed by atoms with Gasteiger partial charge in [-0.2, -0.15) is 17.0 Å². The van der Waals surface area contributed by atoms with Crippen LogP contribution >= 0.6 is 23.4 Å². The smallest absolute Gasteiger partial charge is 0.128 e. The highest BCUT2D eigenvalue weighted by atomic mass is 35.5. The Balaban J connectivity index is 2.41. The second kappa shape index (κ2) is 5.94. The van der Waals surface area contributed by atoms with E-state index in [1.54, 1.807) is 30.0 Å². The van der Waals surface area contributed by atoms with Crippen LogP contribution in [0.15, 0.2) is 24.3 Å². The molecule has 5 heteroatoms. The number of nitrogens with one attached hydrogen (secondary N) is 1. The summed E-state index contributed by atoms with van der Waals surface area (Å²) in [5.41, 5.74) is 1.37. The van der Waals surface area contributed by atoms with Crippen LogP contribution in [0.4, 0.5) is 5.82 Å². The van der Waals surface area contributed by atoms with Gasteiger partial charge in [0.1, 0.15) is 5.82 Å². The molecule has 1 aromatic heterocycles. The highest BCUT2D eigenvalue weighted by molar-refractivity contribution is 7.98. The number of hydrogen-bond donors (Lipinski definition) is 1. The first-order valence-electron chi connectivity index (χ1n) is 5.48. The van der Waals surface area contributed by atoms with Crippen molar-refractivity contribution in [2.45, 2.75) is 0 Å². The van der Waals surface area contributed by atoms with Crippen molar-refractivity contribution < 1.29 is 0 Å². The molecule has 0 fully saturated rings. The van der Waals surface area contributed by atoms with Gasteiger partial charge in [0.25, 0.3) is 0 Å². The largest absolute Gasteiger partial charge is 0.369 e. The predicted molar refractivity (Wildman–Crippen MR) is 78.3 cm³/mol. The molecule has 0 aliphatic carbocycles. The molecule has 2 aromatic rings. The number of anilines is 1. The molecule has 1 aromatic carbocycles. The number of thioether (sulfide) groups is 1. The Bertz CT molecular complexity index is 607. The molecule has 0 radical (unpaired) electrons. The van der Waals surface area contributed by atoms with Crippen LogP contribution in [0.3, 0.4) is 0 Å². The SMILES string of the molecule is CSCCNc1cc(C#N)c2cc(Cl)ccc2n1. The van der Waals surface area contributed by atoms with Crippen LogP contribution in [0, 0.1) is 11.3 Å². The van der Waals surface area contributed by atoms with Gasteiger partial charge < -0.3 is 5.32 Å². The Kier molecular flexibility index (Phi) is 4.29. The zero-order chi connectivity index (χ0) is 13.0. The number of nitrogens with zero attached hydrogens (tertiary/aromatic N) is 2. The van der Waals surface area contributed by atoms with E-state index in [-0.39, 0.29) is 0 Å². The van der Waals surface area contributed by atoms with Crippen molar-refractivity contribution in [1.82, 2.24) is 4.98 Å². The molecule has 0 unspecified atom stereocenters. The Hall–Kier alpha value is -1.44. The fraction of sp³-hybridized carbons (Fsp3) is 0.231. The molecule has 1 N–H and O–H groups in total. The zero-order valence-corrected chi connectivity index (χ0v) is 11.5. The van der Waals surface area contributed by atoms with E-state index >= 15 is 0 Å². The van der Waals surface area contributed by atoms with Crippen molar-refractivity contribution >= 4 is 40.1 Å². The lowest BCUT2D eigenvalue weighted by Gasteiger charge is -2.07. The van der Waals surface area contributed by atoms with Crippen LogP contribution in [-0.2, 0) is 0 Å². The molecule has 2 rings (SSSR count). The van der Waals surface area contributed by atoms with Crippen LogP contribution in [0.25, 0.3) is 10.9 Å². The number of aromatic nitrogens is 1. The molecule has 18 heavy (non-hydrogen) atoms. The minimum Gasteiger partial charge on any atom is -0.369 e.